The number of nitrogens with zero attached hydrogens (tertiary/aromatic N) is 5. The number of hydrogen-bond acceptors (Lipinski definition) is 6. The third-order valence-corrected chi connectivity index (χ3v) is 10.3. The molecule has 1 saturated carbocycles. The Hall–Kier alpha value is -1.14. The Bertz CT molecular complexity index is 1110. The number of rotatable bonds is 9. The first kappa shape index (κ1) is 26.9. The molecule has 4 rings (SSSR count). The van der Waals surface area contributed by atoms with Crippen LogP contribution in [-0.2, 0) is 21.7 Å². The maximum Gasteiger partial charge on any atom is 0.327 e. The summed E-state index contributed by atoms with van der Waals surface area (Å²) in [5, 5.41) is 16.2. The maximum absolute atomic E-state index is 13.7. The summed E-state index contributed by atoms with van der Waals surface area (Å²) in [6.07, 6.45) is 7.49. The fourth-order valence-corrected chi connectivity index (χ4v) is 7.86. The second-order valence-corrected chi connectivity index (χ2v) is 12.8. The van der Waals surface area contributed by atoms with Gasteiger partial charge in [0.1, 0.15) is 10.0 Å². The lowest BCUT2D eigenvalue weighted by Crippen LogP contribution is -2.44. The molecule has 2 aliphatic rings. The van der Waals surface area contributed by atoms with Gasteiger partial charge < -0.3 is 10.0 Å². The van der Waals surface area contributed by atoms with Crippen LogP contribution in [0.5, 0.6) is 0 Å². The lowest BCUT2D eigenvalue weighted by molar-refractivity contribution is 0.104. The smallest absolute Gasteiger partial charge is 0.327 e. The first-order valence-corrected chi connectivity index (χ1v) is 15.2. The van der Waals surface area contributed by atoms with Crippen molar-refractivity contribution < 1.29 is 13.9 Å². The SMILES string of the molecule is CCN(CC(O)CN1CCCC1)[S+](=O)(O)c1cc(-c2nn(C)c(=NC3CCCCC3)s2)ccc1Cl. The molecular weight excluding hydrogens is 506 g/mol. The lowest BCUT2D eigenvalue weighted by atomic mass is 9.96. The first-order chi connectivity index (χ1) is 16.8. The molecule has 1 aromatic carbocycles. The number of hydrogen-bond donors (Lipinski definition) is 2. The Kier molecular flexibility index (Phi) is 9.18. The second-order valence-electron chi connectivity index (χ2n) is 9.52. The number of aliphatic hydroxyl groups excluding tert-OH is 1. The number of aromatic nitrogens is 2. The van der Waals surface area contributed by atoms with Crippen LogP contribution in [0.25, 0.3) is 10.6 Å². The van der Waals surface area contributed by atoms with E-state index in [2.05, 4.69) is 10.00 Å². The first-order valence-electron chi connectivity index (χ1n) is 12.6. The van der Waals surface area contributed by atoms with Gasteiger partial charge in [0.15, 0.2) is 0 Å². The summed E-state index contributed by atoms with van der Waals surface area (Å²) in [5.41, 5.74) is 0.727. The minimum atomic E-state index is -3.65. The van der Waals surface area contributed by atoms with E-state index in [0.717, 1.165) is 54.1 Å². The summed E-state index contributed by atoms with van der Waals surface area (Å²) in [6.45, 7) is 4.65. The lowest BCUT2D eigenvalue weighted by Gasteiger charge is -2.24. The Balaban J connectivity index is 1.56. The zero-order chi connectivity index (χ0) is 25.0. The molecule has 2 atom stereocenters. The van der Waals surface area contributed by atoms with Crippen molar-refractivity contribution in [2.75, 3.05) is 32.7 Å². The standard InChI is InChI=1S/C24H36ClN5O3S2/c1-3-30(17-20(31)16-29-13-7-8-14-29)35(32,33)22-15-18(11-12-21(22)25)23-27-28(2)24(34-23)26-19-9-5-4-6-10-19/h11-12,15,19-20,31H,3-10,13-14,16-17H2,1-2H3/p+1. The van der Waals surface area contributed by atoms with Crippen LogP contribution in [0.2, 0.25) is 5.02 Å². The summed E-state index contributed by atoms with van der Waals surface area (Å²) >= 11 is 7.91. The van der Waals surface area contributed by atoms with Gasteiger partial charge in [0.25, 0.3) is 0 Å². The third kappa shape index (κ3) is 6.60. The third-order valence-electron chi connectivity index (χ3n) is 6.82. The van der Waals surface area contributed by atoms with Gasteiger partial charge in [-0.3, -0.25) is 4.99 Å². The Morgan fingerprint density at radius 1 is 1.26 bits per heavy atom. The molecule has 1 aliphatic heterocycles. The van der Waals surface area contributed by atoms with E-state index in [1.165, 1.54) is 34.9 Å². The van der Waals surface area contributed by atoms with Crippen LogP contribution in [0.3, 0.4) is 0 Å². The quantitative estimate of drug-likeness (QED) is 0.466. The van der Waals surface area contributed by atoms with E-state index < -0.39 is 16.5 Å². The van der Waals surface area contributed by atoms with Crippen molar-refractivity contribution in [2.45, 2.75) is 68.9 Å². The average molecular weight is 543 g/mol. The van der Waals surface area contributed by atoms with Crippen molar-refractivity contribution in [3.05, 3.63) is 28.0 Å². The van der Waals surface area contributed by atoms with Crippen LogP contribution in [0.15, 0.2) is 28.1 Å². The van der Waals surface area contributed by atoms with Gasteiger partial charge in [-0.05, 0) is 56.0 Å². The largest absolute Gasteiger partial charge is 0.390 e. The predicted molar refractivity (Wildman–Crippen MR) is 142 cm³/mol. The van der Waals surface area contributed by atoms with Crippen LogP contribution >= 0.6 is 22.9 Å². The predicted octanol–water partition coefficient (Wildman–Crippen LogP) is 4.06. The average Bonchev–Trinajstić information content (AvgIpc) is 3.48. The fourth-order valence-electron chi connectivity index (χ4n) is 4.89. The normalized spacial score (nSPS) is 21.0. The summed E-state index contributed by atoms with van der Waals surface area (Å²) in [7, 11) is -1.76. The monoisotopic (exact) mass is 542 g/mol. The molecule has 35 heavy (non-hydrogen) atoms. The van der Waals surface area contributed by atoms with Gasteiger partial charge in [0.05, 0.1) is 18.7 Å². The van der Waals surface area contributed by atoms with Gasteiger partial charge in [0.2, 0.25) is 9.70 Å². The van der Waals surface area contributed by atoms with Crippen LogP contribution in [0.4, 0.5) is 0 Å². The minimum absolute atomic E-state index is 0.0967. The number of aliphatic hydroxyl groups is 1. The van der Waals surface area contributed by atoms with Crippen molar-refractivity contribution in [1.29, 1.82) is 0 Å². The number of β-amino-alcohol motifs (C(OH)–C–C–N with tert-alkyl or cyclic N) is 1. The Morgan fingerprint density at radius 2 is 1.97 bits per heavy atom. The highest BCUT2D eigenvalue weighted by molar-refractivity contribution is 7.95. The minimum Gasteiger partial charge on any atom is -0.390 e. The Morgan fingerprint density at radius 3 is 2.66 bits per heavy atom. The van der Waals surface area contributed by atoms with E-state index in [1.807, 2.05) is 20.0 Å². The van der Waals surface area contributed by atoms with Gasteiger partial charge in [0, 0.05) is 31.8 Å². The van der Waals surface area contributed by atoms with Gasteiger partial charge in [-0.15, -0.1) is 0 Å². The van der Waals surface area contributed by atoms with Crippen molar-refractivity contribution in [2.24, 2.45) is 12.0 Å². The highest BCUT2D eigenvalue weighted by atomic mass is 35.5. The topological polar surface area (TPSA) is 94.2 Å². The van der Waals surface area contributed by atoms with Gasteiger partial charge >= 0.3 is 10.4 Å². The van der Waals surface area contributed by atoms with Crippen LogP contribution < -0.4 is 4.80 Å². The van der Waals surface area contributed by atoms with Crippen molar-refractivity contribution in [3.63, 3.8) is 0 Å². The van der Waals surface area contributed by atoms with Gasteiger partial charge in [-0.2, -0.15) is 9.65 Å². The zero-order valence-electron chi connectivity index (χ0n) is 20.6. The number of likely N-dealkylation sites (tertiary alicyclic amines) is 1. The molecular formula is C24H37ClN5O3S2+. The summed E-state index contributed by atoms with van der Waals surface area (Å²) in [6, 6.07) is 5.47. The number of likely N-dealkylation sites (N-methyl/N-ethyl adjacent to an activating group) is 1. The summed E-state index contributed by atoms with van der Waals surface area (Å²) in [5.74, 6) is 0. The molecule has 8 nitrogen and oxygen atoms in total. The van der Waals surface area contributed by atoms with E-state index in [0.29, 0.717) is 19.1 Å². The summed E-state index contributed by atoms with van der Waals surface area (Å²) < 4.78 is 28.1. The van der Waals surface area contributed by atoms with E-state index in [4.69, 9.17) is 16.6 Å². The van der Waals surface area contributed by atoms with E-state index in [-0.39, 0.29) is 16.5 Å². The molecule has 0 bridgehead atoms. The van der Waals surface area contributed by atoms with Crippen molar-refractivity contribution in [3.8, 4) is 10.6 Å². The van der Waals surface area contributed by atoms with Crippen LogP contribution in [0.1, 0.15) is 51.9 Å². The molecule has 2 unspecified atom stereocenters. The highest BCUT2D eigenvalue weighted by Gasteiger charge is 2.41. The molecule has 1 aromatic heterocycles. The molecule has 0 spiro atoms. The highest BCUT2D eigenvalue weighted by Crippen LogP contribution is 2.33. The van der Waals surface area contributed by atoms with Gasteiger partial charge in [-0.1, -0.05) is 52.6 Å². The van der Waals surface area contributed by atoms with Crippen LogP contribution in [-0.4, -0.2) is 73.5 Å². The molecule has 1 aliphatic carbocycles. The van der Waals surface area contributed by atoms with E-state index in [1.54, 1.807) is 16.8 Å². The fraction of sp³-hybridized carbons (Fsp3) is 0.667. The Labute approximate surface area is 218 Å². The van der Waals surface area contributed by atoms with Crippen molar-refractivity contribution in [1.82, 2.24) is 19.0 Å². The van der Waals surface area contributed by atoms with Crippen molar-refractivity contribution >= 4 is 33.3 Å². The number of halogens is 1. The molecule has 1 saturated heterocycles. The molecule has 2 heterocycles. The van der Waals surface area contributed by atoms with E-state index >= 15 is 0 Å². The molecule has 0 radical (unpaired) electrons. The molecule has 194 valence electrons. The molecule has 2 aromatic rings. The second kappa shape index (κ2) is 11.9. The molecule has 2 fully saturated rings. The molecule has 2 N–H and O–H groups in total. The van der Waals surface area contributed by atoms with Gasteiger partial charge in [-0.25, -0.2) is 4.68 Å². The molecule has 11 heteroatoms. The van der Waals surface area contributed by atoms with Crippen LogP contribution in [0, 0.1) is 0 Å². The number of benzene rings is 1. The summed E-state index contributed by atoms with van der Waals surface area (Å²) in [4.78, 5) is 8.12. The zero-order valence-corrected chi connectivity index (χ0v) is 23.0. The number of aryl methyl sites for hydroxylation is 1. The maximum atomic E-state index is 13.7. The molecule has 0 amide bonds. The van der Waals surface area contributed by atoms with E-state index in [9.17, 15) is 13.9 Å².